The van der Waals surface area contributed by atoms with E-state index in [0.29, 0.717) is 17.1 Å². The van der Waals surface area contributed by atoms with Gasteiger partial charge in [0.05, 0.1) is 11.3 Å². The van der Waals surface area contributed by atoms with Crippen molar-refractivity contribution in [3.63, 3.8) is 0 Å². The van der Waals surface area contributed by atoms with Gasteiger partial charge in [-0.3, -0.25) is 4.79 Å². The van der Waals surface area contributed by atoms with E-state index >= 15 is 0 Å². The van der Waals surface area contributed by atoms with Crippen LogP contribution in [0.3, 0.4) is 0 Å². The van der Waals surface area contributed by atoms with Crippen molar-refractivity contribution in [3.05, 3.63) is 50.9 Å². The summed E-state index contributed by atoms with van der Waals surface area (Å²) in [6.45, 7) is 2.23. The summed E-state index contributed by atoms with van der Waals surface area (Å²) < 4.78 is 0. The maximum Gasteiger partial charge on any atom is 0.260 e. The summed E-state index contributed by atoms with van der Waals surface area (Å²) in [5.74, 6) is 1.23. The molecular weight excluding hydrogens is 304 g/mol. The first-order valence-electron chi connectivity index (χ1n) is 6.89. The van der Waals surface area contributed by atoms with Gasteiger partial charge in [0.15, 0.2) is 0 Å². The summed E-state index contributed by atoms with van der Waals surface area (Å²) in [7, 11) is 0. The van der Waals surface area contributed by atoms with Gasteiger partial charge in [0, 0.05) is 10.4 Å². The number of H-pyrrole nitrogens is 1. The van der Waals surface area contributed by atoms with E-state index in [1.54, 1.807) is 11.3 Å². The number of alkyl halides is 1. The normalized spacial score (nSPS) is 16.8. The molecule has 0 bridgehead atoms. The molecule has 21 heavy (non-hydrogen) atoms. The second kappa shape index (κ2) is 4.68. The summed E-state index contributed by atoms with van der Waals surface area (Å²) in [5.41, 5.74) is 3.46. The molecule has 1 N–H and O–H groups in total. The second-order valence-corrected chi connectivity index (χ2v) is 6.77. The molecule has 5 heteroatoms. The number of fused-ring (bicyclic) bond motifs is 5. The first-order chi connectivity index (χ1) is 10.2. The zero-order valence-corrected chi connectivity index (χ0v) is 13.0. The number of benzene rings is 1. The van der Waals surface area contributed by atoms with Gasteiger partial charge in [0.1, 0.15) is 10.7 Å². The minimum atomic E-state index is -0.0856. The number of nitrogens with one attached hydrogen (secondary N) is 1. The molecule has 3 aromatic rings. The van der Waals surface area contributed by atoms with E-state index < -0.39 is 0 Å². The van der Waals surface area contributed by atoms with Gasteiger partial charge < -0.3 is 4.98 Å². The van der Waals surface area contributed by atoms with Crippen LogP contribution in [-0.4, -0.2) is 9.97 Å². The van der Waals surface area contributed by atoms with Gasteiger partial charge in [0.2, 0.25) is 0 Å². The summed E-state index contributed by atoms with van der Waals surface area (Å²) >= 11 is 7.42. The van der Waals surface area contributed by atoms with Crippen molar-refractivity contribution in [2.24, 2.45) is 0 Å². The molecule has 2 aromatic heterocycles. The topological polar surface area (TPSA) is 45.8 Å². The number of hydrogen-bond donors (Lipinski definition) is 1. The van der Waals surface area contributed by atoms with Gasteiger partial charge in [-0.25, -0.2) is 4.98 Å². The highest BCUT2D eigenvalue weighted by atomic mass is 35.5. The zero-order valence-electron chi connectivity index (χ0n) is 11.4. The van der Waals surface area contributed by atoms with E-state index in [2.05, 4.69) is 35.1 Å². The lowest BCUT2D eigenvalue weighted by molar-refractivity contribution is 0.760. The highest BCUT2D eigenvalue weighted by Crippen LogP contribution is 2.45. The van der Waals surface area contributed by atoms with Gasteiger partial charge in [-0.2, -0.15) is 0 Å². The Balaban J connectivity index is 2.12. The molecule has 4 rings (SSSR count). The van der Waals surface area contributed by atoms with Crippen LogP contribution >= 0.6 is 22.9 Å². The fourth-order valence-electron chi connectivity index (χ4n) is 3.13. The fourth-order valence-corrected chi connectivity index (χ4v) is 4.59. The lowest BCUT2D eigenvalue weighted by Gasteiger charge is -2.22. The Morgan fingerprint density at radius 3 is 3.05 bits per heavy atom. The Labute approximate surface area is 130 Å². The standard InChI is InChI=1S/C16H13ClN2OS/c1-8-6-11-13(10-5-3-2-4-9(8)10)14-15(20)18-12(7-17)19-16(14)21-11/h2-5,8H,6-7H2,1H3,(H,18,19,20). The monoisotopic (exact) mass is 316 g/mol. The third-order valence-electron chi connectivity index (χ3n) is 4.06. The summed E-state index contributed by atoms with van der Waals surface area (Å²) in [5, 5.41) is 0.711. The van der Waals surface area contributed by atoms with Crippen molar-refractivity contribution in [3.8, 4) is 11.1 Å². The van der Waals surface area contributed by atoms with E-state index in [9.17, 15) is 4.79 Å². The van der Waals surface area contributed by atoms with Crippen LogP contribution in [0, 0.1) is 0 Å². The Morgan fingerprint density at radius 2 is 2.24 bits per heavy atom. The molecule has 1 unspecified atom stereocenters. The highest BCUT2D eigenvalue weighted by Gasteiger charge is 2.27. The predicted molar refractivity (Wildman–Crippen MR) is 87.4 cm³/mol. The lowest BCUT2D eigenvalue weighted by Crippen LogP contribution is -2.12. The van der Waals surface area contributed by atoms with Gasteiger partial charge >= 0.3 is 0 Å². The van der Waals surface area contributed by atoms with E-state index in [4.69, 9.17) is 11.6 Å². The van der Waals surface area contributed by atoms with Crippen LogP contribution < -0.4 is 5.56 Å². The van der Waals surface area contributed by atoms with Gasteiger partial charge in [-0.05, 0) is 23.5 Å². The Bertz CT molecular complexity index is 912. The SMILES string of the molecule is CC1Cc2sc3nc(CCl)[nH]c(=O)c3c2-c2ccccc21. The molecular formula is C16H13ClN2OS. The van der Waals surface area contributed by atoms with Crippen LogP contribution in [-0.2, 0) is 12.3 Å². The minimum Gasteiger partial charge on any atom is -0.309 e. The number of hydrogen-bond acceptors (Lipinski definition) is 3. The van der Waals surface area contributed by atoms with Crippen LogP contribution in [0.4, 0.5) is 0 Å². The van der Waals surface area contributed by atoms with Crippen molar-refractivity contribution in [1.29, 1.82) is 0 Å². The molecule has 106 valence electrons. The molecule has 2 heterocycles. The van der Waals surface area contributed by atoms with Crippen LogP contribution in [0.1, 0.15) is 29.1 Å². The second-order valence-electron chi connectivity index (χ2n) is 5.42. The first-order valence-corrected chi connectivity index (χ1v) is 8.24. The van der Waals surface area contributed by atoms with Crippen molar-refractivity contribution >= 4 is 33.2 Å². The molecule has 0 radical (unpaired) electrons. The molecule has 0 amide bonds. The van der Waals surface area contributed by atoms with Crippen molar-refractivity contribution in [1.82, 2.24) is 9.97 Å². The zero-order chi connectivity index (χ0) is 14.6. The number of nitrogens with zero attached hydrogens (tertiary/aromatic N) is 1. The number of aromatic nitrogens is 2. The first kappa shape index (κ1) is 13.0. The predicted octanol–water partition coefficient (Wildman–Crippen LogP) is 4.05. The molecule has 1 aliphatic rings. The number of aromatic amines is 1. The molecule has 1 aromatic carbocycles. The van der Waals surface area contributed by atoms with Gasteiger partial charge in [0.25, 0.3) is 5.56 Å². The summed E-state index contributed by atoms with van der Waals surface area (Å²) in [6.07, 6.45) is 0.961. The van der Waals surface area contributed by atoms with Crippen LogP contribution in [0.15, 0.2) is 29.1 Å². The lowest BCUT2D eigenvalue weighted by atomic mass is 9.83. The average Bonchev–Trinajstić information content (AvgIpc) is 2.86. The molecule has 0 saturated carbocycles. The Kier molecular flexibility index (Phi) is 2.91. The third kappa shape index (κ3) is 1.86. The van der Waals surface area contributed by atoms with Crippen molar-refractivity contribution < 1.29 is 0 Å². The smallest absolute Gasteiger partial charge is 0.260 e. The van der Waals surface area contributed by atoms with Crippen LogP contribution in [0.5, 0.6) is 0 Å². The number of rotatable bonds is 1. The minimum absolute atomic E-state index is 0.0856. The summed E-state index contributed by atoms with van der Waals surface area (Å²) in [6, 6.07) is 8.34. The van der Waals surface area contributed by atoms with Crippen molar-refractivity contribution in [2.45, 2.75) is 25.1 Å². The Hall–Kier alpha value is -1.65. The van der Waals surface area contributed by atoms with Gasteiger partial charge in [-0.15, -0.1) is 22.9 Å². The maximum atomic E-state index is 12.4. The molecule has 0 aliphatic heterocycles. The average molecular weight is 317 g/mol. The quantitative estimate of drug-likeness (QED) is 0.688. The number of halogens is 1. The molecule has 0 fully saturated rings. The van der Waals surface area contributed by atoms with E-state index in [0.717, 1.165) is 16.8 Å². The van der Waals surface area contributed by atoms with E-state index in [1.807, 2.05) is 6.07 Å². The molecule has 1 atom stereocenters. The largest absolute Gasteiger partial charge is 0.309 e. The van der Waals surface area contributed by atoms with E-state index in [-0.39, 0.29) is 11.4 Å². The van der Waals surface area contributed by atoms with Gasteiger partial charge in [-0.1, -0.05) is 31.2 Å². The Morgan fingerprint density at radius 1 is 1.43 bits per heavy atom. The third-order valence-corrected chi connectivity index (χ3v) is 5.42. The molecule has 0 spiro atoms. The fraction of sp³-hybridized carbons (Fsp3) is 0.250. The maximum absolute atomic E-state index is 12.4. The molecule has 3 nitrogen and oxygen atoms in total. The summed E-state index contributed by atoms with van der Waals surface area (Å²) in [4.78, 5) is 21.8. The molecule has 1 aliphatic carbocycles. The van der Waals surface area contributed by atoms with Crippen LogP contribution in [0.2, 0.25) is 0 Å². The molecule has 0 saturated heterocycles. The number of thiophene rings is 1. The van der Waals surface area contributed by atoms with Crippen LogP contribution in [0.25, 0.3) is 21.3 Å². The highest BCUT2D eigenvalue weighted by molar-refractivity contribution is 7.19. The van der Waals surface area contributed by atoms with E-state index in [1.165, 1.54) is 16.0 Å². The van der Waals surface area contributed by atoms with Crippen molar-refractivity contribution in [2.75, 3.05) is 0 Å².